The lowest BCUT2D eigenvalue weighted by Crippen LogP contribution is -2.64. The largest absolute Gasteiger partial charge is 0.351 e. The molecule has 28 heavy (non-hydrogen) atoms. The molecular formula is C22H36N2O4. The van der Waals surface area contributed by atoms with Crippen LogP contribution in [-0.2, 0) is 19.3 Å². The second-order valence-corrected chi connectivity index (χ2v) is 9.45. The fraction of sp³-hybridized carbons (Fsp3) is 0.864. The smallest absolute Gasteiger partial charge is 0.243 e. The van der Waals surface area contributed by atoms with Gasteiger partial charge in [-0.2, -0.15) is 4.89 Å². The lowest BCUT2D eigenvalue weighted by Gasteiger charge is -2.61. The van der Waals surface area contributed by atoms with Gasteiger partial charge in [0.25, 0.3) is 0 Å². The minimum atomic E-state index is -0.726. The van der Waals surface area contributed by atoms with E-state index in [1.54, 1.807) is 12.2 Å². The molecule has 1 saturated heterocycles. The fourth-order valence-electron chi connectivity index (χ4n) is 5.94. The molecule has 4 bridgehead atoms. The summed E-state index contributed by atoms with van der Waals surface area (Å²) in [7, 11) is 0. The first-order chi connectivity index (χ1) is 13.5. The van der Waals surface area contributed by atoms with Crippen LogP contribution in [0, 0.1) is 23.7 Å². The second-order valence-electron chi connectivity index (χ2n) is 9.45. The van der Waals surface area contributed by atoms with E-state index in [0.717, 1.165) is 31.5 Å². The van der Waals surface area contributed by atoms with E-state index in [1.165, 1.54) is 32.1 Å². The van der Waals surface area contributed by atoms with E-state index < -0.39 is 11.4 Å². The molecule has 1 atom stereocenters. The summed E-state index contributed by atoms with van der Waals surface area (Å²) in [6, 6.07) is 0. The summed E-state index contributed by atoms with van der Waals surface area (Å²) in [5.74, 6) is 1.97. The molecule has 6 heteroatoms. The summed E-state index contributed by atoms with van der Waals surface area (Å²) in [5.41, 5.74) is -0.726. The zero-order valence-corrected chi connectivity index (χ0v) is 17.6. The molecule has 0 radical (unpaired) electrons. The molecule has 5 aliphatic rings. The zero-order chi connectivity index (χ0) is 19.8. The van der Waals surface area contributed by atoms with Crippen molar-refractivity contribution in [1.29, 1.82) is 0 Å². The predicted molar refractivity (Wildman–Crippen MR) is 106 cm³/mol. The Balaban J connectivity index is 1.28. The van der Waals surface area contributed by atoms with Gasteiger partial charge in [-0.05, 0) is 70.0 Å². The van der Waals surface area contributed by atoms with E-state index in [2.05, 4.69) is 24.1 Å². The van der Waals surface area contributed by atoms with Crippen LogP contribution >= 0.6 is 0 Å². The van der Waals surface area contributed by atoms with Crippen molar-refractivity contribution in [1.82, 2.24) is 10.2 Å². The van der Waals surface area contributed by atoms with Crippen LogP contribution in [0.5, 0.6) is 0 Å². The minimum Gasteiger partial charge on any atom is -0.351 e. The first-order valence-electron chi connectivity index (χ1n) is 11.2. The molecule has 1 spiro atoms. The highest BCUT2D eigenvalue weighted by Crippen LogP contribution is 2.61. The zero-order valence-electron chi connectivity index (χ0n) is 17.6. The number of nitrogens with zero attached hydrogens (tertiary/aromatic N) is 1. The number of carbonyl (C=O) groups excluding carboxylic acids is 1. The summed E-state index contributed by atoms with van der Waals surface area (Å²) in [6.45, 7) is 10.1. The van der Waals surface area contributed by atoms with Crippen LogP contribution in [0.25, 0.3) is 0 Å². The van der Waals surface area contributed by atoms with Gasteiger partial charge in [-0.15, -0.1) is 0 Å². The third kappa shape index (κ3) is 3.89. The molecule has 5 rings (SSSR count). The van der Waals surface area contributed by atoms with E-state index in [1.807, 2.05) is 6.92 Å². The van der Waals surface area contributed by atoms with E-state index in [0.29, 0.717) is 25.0 Å². The van der Waals surface area contributed by atoms with E-state index >= 15 is 0 Å². The Morgan fingerprint density at radius 2 is 1.71 bits per heavy atom. The van der Waals surface area contributed by atoms with Gasteiger partial charge in [0.05, 0.1) is 6.61 Å². The van der Waals surface area contributed by atoms with Crippen molar-refractivity contribution in [3.8, 4) is 0 Å². The van der Waals surface area contributed by atoms with Crippen LogP contribution in [0.4, 0.5) is 0 Å². The van der Waals surface area contributed by atoms with Gasteiger partial charge in [0.15, 0.2) is 0 Å². The maximum Gasteiger partial charge on any atom is 0.243 e. The van der Waals surface area contributed by atoms with Crippen molar-refractivity contribution in [3.63, 3.8) is 0 Å². The average molecular weight is 393 g/mol. The molecule has 0 unspecified atom stereocenters. The van der Waals surface area contributed by atoms with Gasteiger partial charge >= 0.3 is 0 Å². The van der Waals surface area contributed by atoms with E-state index in [-0.39, 0.29) is 5.91 Å². The van der Waals surface area contributed by atoms with Crippen LogP contribution in [0.15, 0.2) is 12.2 Å². The molecule has 1 N–H and O–H groups in total. The van der Waals surface area contributed by atoms with Crippen LogP contribution in [0.3, 0.4) is 0 Å². The summed E-state index contributed by atoms with van der Waals surface area (Å²) in [6.07, 6.45) is 9.53. The highest BCUT2D eigenvalue weighted by Gasteiger charge is 2.62. The number of likely N-dealkylation sites (N-methyl/N-ethyl adjacent to an activating group) is 1. The number of nitrogens with one attached hydrogen (secondary N) is 1. The van der Waals surface area contributed by atoms with Gasteiger partial charge in [-0.3, -0.25) is 4.79 Å². The number of rotatable bonds is 7. The first-order valence-corrected chi connectivity index (χ1v) is 11.2. The third-order valence-electron chi connectivity index (χ3n) is 7.43. The topological polar surface area (TPSA) is 60.0 Å². The lowest BCUT2D eigenvalue weighted by atomic mass is 9.53. The van der Waals surface area contributed by atoms with E-state index in [4.69, 9.17) is 14.5 Å². The number of hydrogen-bond donors (Lipinski definition) is 1. The van der Waals surface area contributed by atoms with Crippen LogP contribution in [-0.4, -0.2) is 55.0 Å². The molecule has 0 aromatic heterocycles. The SMILES string of the molecule is CCN(CC)CCNC(=O)/C=C/[C@@]1(C)COC2(OO1)C1CC3CC(C1)CC2C3. The Labute approximate surface area is 168 Å². The van der Waals surface area contributed by atoms with Gasteiger partial charge in [0, 0.05) is 31.0 Å². The molecule has 0 aromatic rings. The third-order valence-corrected chi connectivity index (χ3v) is 7.43. The second kappa shape index (κ2) is 8.05. The van der Waals surface area contributed by atoms with Crippen LogP contribution < -0.4 is 5.32 Å². The maximum absolute atomic E-state index is 12.1. The molecule has 158 valence electrons. The fourth-order valence-corrected chi connectivity index (χ4v) is 5.94. The highest BCUT2D eigenvalue weighted by molar-refractivity contribution is 5.87. The number of ether oxygens (including phenoxy) is 1. The quantitative estimate of drug-likeness (QED) is 0.533. The van der Waals surface area contributed by atoms with Crippen molar-refractivity contribution in [2.75, 3.05) is 32.8 Å². The van der Waals surface area contributed by atoms with Crippen molar-refractivity contribution in [3.05, 3.63) is 12.2 Å². The van der Waals surface area contributed by atoms with Crippen LogP contribution in [0.1, 0.15) is 52.9 Å². The molecule has 5 fully saturated rings. The highest BCUT2D eigenvalue weighted by atomic mass is 17.2. The first kappa shape index (κ1) is 20.3. The molecule has 1 heterocycles. The summed E-state index contributed by atoms with van der Waals surface area (Å²) in [5, 5.41) is 2.93. The van der Waals surface area contributed by atoms with Gasteiger partial charge in [-0.25, -0.2) is 4.89 Å². The monoisotopic (exact) mass is 392 g/mol. The minimum absolute atomic E-state index is 0.105. The Bertz CT molecular complexity index is 563. The Kier molecular flexibility index (Phi) is 5.85. The van der Waals surface area contributed by atoms with Gasteiger partial charge in [0.2, 0.25) is 11.7 Å². The van der Waals surface area contributed by atoms with Gasteiger partial charge < -0.3 is 15.0 Å². The van der Waals surface area contributed by atoms with Crippen molar-refractivity contribution in [2.45, 2.75) is 64.3 Å². The normalized spacial score (nSPS) is 42.0. The Morgan fingerprint density at radius 3 is 2.25 bits per heavy atom. The number of hydrogen-bond acceptors (Lipinski definition) is 5. The predicted octanol–water partition coefficient (Wildman–Crippen LogP) is 2.89. The Hall–Kier alpha value is -0.950. The lowest BCUT2D eigenvalue weighted by molar-refractivity contribution is -0.536. The molecular weight excluding hydrogens is 356 g/mol. The summed E-state index contributed by atoms with van der Waals surface area (Å²) < 4.78 is 6.40. The Morgan fingerprint density at radius 1 is 1.07 bits per heavy atom. The molecule has 6 nitrogen and oxygen atoms in total. The maximum atomic E-state index is 12.1. The standard InChI is InChI=1S/C22H36N2O4/c1-4-24(5-2)9-8-23-20(25)6-7-21(3)15-26-22(28-27-21)18-11-16-10-17(13-18)14-19(22)12-16/h6-7,16-19H,4-5,8-15H2,1-3H3,(H,23,25)/b7-6+/t16?,17?,18?,19?,21-,22?/m0/s1. The molecule has 1 amide bonds. The summed E-state index contributed by atoms with van der Waals surface area (Å²) >= 11 is 0. The van der Waals surface area contributed by atoms with Crippen molar-refractivity contribution >= 4 is 5.91 Å². The molecule has 4 aliphatic carbocycles. The number of carbonyl (C=O) groups is 1. The van der Waals surface area contributed by atoms with Crippen molar-refractivity contribution < 1.29 is 19.3 Å². The van der Waals surface area contributed by atoms with Crippen molar-refractivity contribution in [2.24, 2.45) is 23.7 Å². The molecule has 0 aromatic carbocycles. The van der Waals surface area contributed by atoms with Gasteiger partial charge in [0.1, 0.15) is 5.60 Å². The molecule has 1 aliphatic heterocycles. The average Bonchev–Trinajstić information content (AvgIpc) is 2.69. The van der Waals surface area contributed by atoms with Crippen LogP contribution in [0.2, 0.25) is 0 Å². The van der Waals surface area contributed by atoms with Gasteiger partial charge in [-0.1, -0.05) is 13.8 Å². The van der Waals surface area contributed by atoms with E-state index in [9.17, 15) is 4.79 Å². The summed E-state index contributed by atoms with van der Waals surface area (Å²) in [4.78, 5) is 26.3. The molecule has 4 saturated carbocycles. The number of amides is 1.